The fourth-order valence-electron chi connectivity index (χ4n) is 2.51. The minimum Gasteiger partial charge on any atom is -0.363 e. The third-order valence-electron chi connectivity index (χ3n) is 3.92. The van der Waals surface area contributed by atoms with E-state index in [-0.39, 0.29) is 5.54 Å². The number of aromatic nitrogens is 2. The van der Waals surface area contributed by atoms with Crippen molar-refractivity contribution in [3.63, 3.8) is 0 Å². The van der Waals surface area contributed by atoms with Crippen molar-refractivity contribution in [2.75, 3.05) is 30.2 Å². The average Bonchev–Trinajstić information content (AvgIpc) is 2.42. The van der Waals surface area contributed by atoms with E-state index in [1.807, 2.05) is 25.1 Å². The number of hydrogen-bond donors (Lipinski definition) is 1. The van der Waals surface area contributed by atoms with Crippen LogP contribution in [0.15, 0.2) is 12.3 Å². The van der Waals surface area contributed by atoms with E-state index in [1.54, 1.807) is 6.20 Å². The maximum atomic E-state index is 6.22. The lowest BCUT2D eigenvalue weighted by molar-refractivity contribution is 0.286. The van der Waals surface area contributed by atoms with Crippen molar-refractivity contribution in [1.29, 1.82) is 0 Å². The topological polar surface area (TPSA) is 41.1 Å². The number of nitrogens with zero attached hydrogens (tertiary/aromatic N) is 3. The summed E-state index contributed by atoms with van der Waals surface area (Å²) in [4.78, 5) is 10.7. The lowest BCUT2D eigenvalue weighted by atomic mass is 9.78. The Kier molecular flexibility index (Phi) is 4.50. The highest BCUT2D eigenvalue weighted by molar-refractivity contribution is 6.18. The Morgan fingerprint density at radius 1 is 1.42 bits per heavy atom. The highest BCUT2D eigenvalue weighted by Gasteiger charge is 2.33. The van der Waals surface area contributed by atoms with E-state index >= 15 is 0 Å². The predicted molar refractivity (Wildman–Crippen MR) is 81.1 cm³/mol. The van der Waals surface area contributed by atoms with Crippen LogP contribution in [0.25, 0.3) is 0 Å². The zero-order chi connectivity index (χ0) is 13.9. The molecule has 5 heteroatoms. The first-order chi connectivity index (χ1) is 9.04. The van der Waals surface area contributed by atoms with Crippen molar-refractivity contribution >= 4 is 23.4 Å². The smallest absolute Gasteiger partial charge is 0.226 e. The van der Waals surface area contributed by atoms with Gasteiger partial charge in [0.2, 0.25) is 5.95 Å². The first-order valence-electron chi connectivity index (χ1n) is 6.89. The number of nitrogens with one attached hydrogen (secondary N) is 1. The van der Waals surface area contributed by atoms with E-state index in [2.05, 4.69) is 22.2 Å². The summed E-state index contributed by atoms with van der Waals surface area (Å²) < 4.78 is 0. The fraction of sp³-hybridized carbons (Fsp3) is 0.714. The summed E-state index contributed by atoms with van der Waals surface area (Å²) in [7, 11) is 3.89. The third kappa shape index (κ3) is 3.50. The molecule has 0 bridgehead atoms. The molecule has 0 aromatic carbocycles. The minimum atomic E-state index is -0.00793. The van der Waals surface area contributed by atoms with Crippen LogP contribution in [0, 0.1) is 5.92 Å². The molecule has 2 rings (SSSR count). The molecule has 0 aliphatic heterocycles. The van der Waals surface area contributed by atoms with Crippen LogP contribution >= 0.6 is 11.6 Å². The molecule has 1 aromatic heterocycles. The van der Waals surface area contributed by atoms with Crippen molar-refractivity contribution < 1.29 is 0 Å². The van der Waals surface area contributed by atoms with Gasteiger partial charge in [-0.3, -0.25) is 0 Å². The molecule has 0 radical (unpaired) electrons. The highest BCUT2D eigenvalue weighted by atomic mass is 35.5. The van der Waals surface area contributed by atoms with Crippen molar-refractivity contribution in [3.8, 4) is 0 Å². The second kappa shape index (κ2) is 5.95. The van der Waals surface area contributed by atoms with Gasteiger partial charge in [0.25, 0.3) is 0 Å². The molecule has 0 atom stereocenters. The van der Waals surface area contributed by atoms with Crippen LogP contribution in [0.4, 0.5) is 11.8 Å². The number of alkyl halides is 1. The molecular weight excluding hydrogens is 260 g/mol. The van der Waals surface area contributed by atoms with Gasteiger partial charge in [0, 0.05) is 26.2 Å². The molecule has 19 heavy (non-hydrogen) atoms. The Labute approximate surface area is 120 Å². The molecule has 4 nitrogen and oxygen atoms in total. The lowest BCUT2D eigenvalue weighted by Gasteiger charge is -2.39. The van der Waals surface area contributed by atoms with Crippen molar-refractivity contribution in [2.45, 2.75) is 38.1 Å². The molecule has 1 saturated carbocycles. The van der Waals surface area contributed by atoms with Crippen LogP contribution in [-0.4, -0.2) is 35.5 Å². The van der Waals surface area contributed by atoms with Gasteiger partial charge >= 0.3 is 0 Å². The summed E-state index contributed by atoms with van der Waals surface area (Å²) in [5.74, 6) is 3.02. The van der Waals surface area contributed by atoms with Crippen LogP contribution in [-0.2, 0) is 0 Å². The number of halogens is 1. The van der Waals surface area contributed by atoms with E-state index < -0.39 is 0 Å². The molecule has 0 saturated heterocycles. The third-order valence-corrected chi connectivity index (χ3v) is 4.43. The predicted octanol–water partition coefficient (Wildman–Crippen LogP) is 3.14. The zero-order valence-electron chi connectivity index (χ0n) is 12.0. The van der Waals surface area contributed by atoms with Crippen molar-refractivity contribution in [3.05, 3.63) is 12.3 Å². The van der Waals surface area contributed by atoms with E-state index in [0.717, 1.165) is 30.5 Å². The van der Waals surface area contributed by atoms with Crippen LogP contribution in [0.2, 0.25) is 0 Å². The van der Waals surface area contributed by atoms with E-state index in [0.29, 0.717) is 5.88 Å². The Morgan fingerprint density at radius 2 is 2.11 bits per heavy atom. The molecule has 0 spiro atoms. The second-order valence-corrected chi connectivity index (χ2v) is 6.13. The SMILES string of the molecule is CC1CCC(CCl)(Nc2ccnc(N(C)C)n2)CC1. The van der Waals surface area contributed by atoms with E-state index in [4.69, 9.17) is 11.6 Å². The molecule has 1 heterocycles. The van der Waals surface area contributed by atoms with Crippen molar-refractivity contribution in [2.24, 2.45) is 5.92 Å². The molecule has 1 aliphatic carbocycles. The Morgan fingerprint density at radius 3 is 2.68 bits per heavy atom. The van der Waals surface area contributed by atoms with Gasteiger partial charge in [0.15, 0.2) is 0 Å². The average molecular weight is 283 g/mol. The summed E-state index contributed by atoms with van der Waals surface area (Å²) in [5, 5.41) is 3.55. The number of rotatable bonds is 4. The van der Waals surface area contributed by atoms with Gasteiger partial charge in [0.05, 0.1) is 5.54 Å². The normalized spacial score (nSPS) is 27.1. The maximum absolute atomic E-state index is 6.22. The minimum absolute atomic E-state index is 0.00793. The van der Waals surface area contributed by atoms with Crippen LogP contribution in [0.1, 0.15) is 32.6 Å². The summed E-state index contributed by atoms with van der Waals surface area (Å²) in [6.45, 7) is 2.31. The summed E-state index contributed by atoms with van der Waals surface area (Å²) in [5.41, 5.74) is -0.00793. The van der Waals surface area contributed by atoms with E-state index in [1.165, 1.54) is 12.8 Å². The summed E-state index contributed by atoms with van der Waals surface area (Å²) in [6.07, 6.45) is 6.46. The fourth-order valence-corrected chi connectivity index (χ4v) is 2.85. The van der Waals surface area contributed by atoms with Gasteiger partial charge in [-0.1, -0.05) is 6.92 Å². The summed E-state index contributed by atoms with van der Waals surface area (Å²) >= 11 is 6.22. The molecule has 1 fully saturated rings. The van der Waals surface area contributed by atoms with Gasteiger partial charge in [-0.15, -0.1) is 11.6 Å². The van der Waals surface area contributed by atoms with Gasteiger partial charge in [-0.05, 0) is 37.7 Å². The van der Waals surface area contributed by atoms with Crippen LogP contribution in [0.5, 0.6) is 0 Å². The van der Waals surface area contributed by atoms with Crippen molar-refractivity contribution in [1.82, 2.24) is 9.97 Å². The number of hydrogen-bond acceptors (Lipinski definition) is 4. The Balaban J connectivity index is 2.12. The van der Waals surface area contributed by atoms with E-state index in [9.17, 15) is 0 Å². The second-order valence-electron chi connectivity index (χ2n) is 5.86. The molecular formula is C14H23ClN4. The van der Waals surface area contributed by atoms with Gasteiger partial charge in [-0.2, -0.15) is 4.98 Å². The Bertz CT molecular complexity index is 414. The molecule has 0 unspecified atom stereocenters. The van der Waals surface area contributed by atoms with Crippen LogP contribution < -0.4 is 10.2 Å². The van der Waals surface area contributed by atoms with Gasteiger partial charge in [0.1, 0.15) is 5.82 Å². The summed E-state index contributed by atoms with van der Waals surface area (Å²) in [6, 6.07) is 1.92. The number of anilines is 2. The first kappa shape index (κ1) is 14.4. The largest absolute Gasteiger partial charge is 0.363 e. The quantitative estimate of drug-likeness (QED) is 0.862. The zero-order valence-corrected chi connectivity index (χ0v) is 12.7. The molecule has 1 aromatic rings. The molecule has 0 amide bonds. The van der Waals surface area contributed by atoms with Gasteiger partial charge in [-0.25, -0.2) is 4.98 Å². The van der Waals surface area contributed by atoms with Gasteiger partial charge < -0.3 is 10.2 Å². The first-order valence-corrected chi connectivity index (χ1v) is 7.43. The molecule has 106 valence electrons. The highest BCUT2D eigenvalue weighted by Crippen LogP contribution is 2.35. The lowest BCUT2D eigenvalue weighted by Crippen LogP contribution is -2.43. The Hall–Kier alpha value is -1.03. The molecule has 1 N–H and O–H groups in total. The monoisotopic (exact) mass is 282 g/mol. The molecule has 1 aliphatic rings. The standard InChI is InChI=1S/C14H23ClN4/c1-11-4-7-14(10-15,8-5-11)18-12-6-9-16-13(17-12)19(2)3/h6,9,11H,4-5,7-8,10H2,1-3H3,(H,16,17,18). The maximum Gasteiger partial charge on any atom is 0.226 e. The van der Waals surface area contributed by atoms with Crippen LogP contribution in [0.3, 0.4) is 0 Å².